The Morgan fingerprint density at radius 1 is 1.43 bits per heavy atom. The molecule has 4 nitrogen and oxygen atoms in total. The van der Waals surface area contributed by atoms with E-state index in [0.29, 0.717) is 0 Å². The fraction of sp³-hybridized carbons (Fsp3) is 0.375. The van der Waals surface area contributed by atoms with Gasteiger partial charge in [0.2, 0.25) is 16.0 Å². The van der Waals surface area contributed by atoms with E-state index in [1.54, 1.807) is 0 Å². The summed E-state index contributed by atoms with van der Waals surface area (Å²) in [7, 11) is -3.45. The molecule has 6 heteroatoms. The Labute approximate surface area is 82.2 Å². The SMILES string of the molecule is CC(C)S(=O)(=O)Nc1cccc(F)n1. The number of halogens is 1. The van der Waals surface area contributed by atoms with E-state index in [-0.39, 0.29) is 5.82 Å². The smallest absolute Gasteiger partial charge is 0.236 e. The van der Waals surface area contributed by atoms with Crippen LogP contribution < -0.4 is 4.72 Å². The number of pyridine rings is 1. The van der Waals surface area contributed by atoms with Crippen molar-refractivity contribution in [3.63, 3.8) is 0 Å². The summed E-state index contributed by atoms with van der Waals surface area (Å²) in [6.07, 6.45) is 0. The van der Waals surface area contributed by atoms with Gasteiger partial charge >= 0.3 is 0 Å². The molecule has 1 heterocycles. The van der Waals surface area contributed by atoms with Gasteiger partial charge in [0.25, 0.3) is 0 Å². The van der Waals surface area contributed by atoms with E-state index in [0.717, 1.165) is 6.07 Å². The lowest BCUT2D eigenvalue weighted by atomic mass is 10.5. The minimum absolute atomic E-state index is 0.00120. The van der Waals surface area contributed by atoms with E-state index in [4.69, 9.17) is 0 Å². The van der Waals surface area contributed by atoms with Gasteiger partial charge in [0, 0.05) is 0 Å². The Hall–Kier alpha value is -1.17. The predicted octanol–water partition coefficient (Wildman–Crippen LogP) is 1.37. The molecule has 0 aromatic carbocycles. The first-order chi connectivity index (χ1) is 6.42. The fourth-order valence-electron chi connectivity index (χ4n) is 0.729. The van der Waals surface area contributed by atoms with Gasteiger partial charge in [-0.25, -0.2) is 13.4 Å². The summed E-state index contributed by atoms with van der Waals surface area (Å²) in [5.41, 5.74) is 0. The van der Waals surface area contributed by atoms with E-state index in [9.17, 15) is 12.8 Å². The average molecular weight is 218 g/mol. The maximum absolute atomic E-state index is 12.6. The van der Waals surface area contributed by atoms with E-state index in [1.165, 1.54) is 26.0 Å². The molecule has 0 atom stereocenters. The van der Waals surface area contributed by atoms with Crippen molar-refractivity contribution in [1.82, 2.24) is 4.98 Å². The number of rotatable bonds is 3. The summed E-state index contributed by atoms with van der Waals surface area (Å²) >= 11 is 0. The summed E-state index contributed by atoms with van der Waals surface area (Å²) in [5.74, 6) is -0.715. The number of hydrogen-bond donors (Lipinski definition) is 1. The van der Waals surface area contributed by atoms with E-state index < -0.39 is 21.2 Å². The third-order valence-electron chi connectivity index (χ3n) is 1.58. The quantitative estimate of drug-likeness (QED) is 0.779. The second-order valence-corrected chi connectivity index (χ2v) is 5.28. The highest BCUT2D eigenvalue weighted by Gasteiger charge is 2.15. The van der Waals surface area contributed by atoms with Crippen molar-refractivity contribution in [3.8, 4) is 0 Å². The number of hydrogen-bond acceptors (Lipinski definition) is 3. The lowest BCUT2D eigenvalue weighted by Gasteiger charge is -2.09. The topological polar surface area (TPSA) is 59.1 Å². The molecule has 0 bridgehead atoms. The molecule has 0 aliphatic rings. The van der Waals surface area contributed by atoms with Crippen molar-refractivity contribution in [2.45, 2.75) is 19.1 Å². The van der Waals surface area contributed by atoms with E-state index in [2.05, 4.69) is 9.71 Å². The van der Waals surface area contributed by atoms with Gasteiger partial charge in [-0.05, 0) is 26.0 Å². The molecule has 1 aromatic rings. The molecule has 0 radical (unpaired) electrons. The standard InChI is InChI=1S/C8H11FN2O2S/c1-6(2)14(12,13)11-8-5-3-4-7(9)10-8/h3-6H,1-2H3,(H,10,11). The van der Waals surface area contributed by atoms with Crippen molar-refractivity contribution in [3.05, 3.63) is 24.1 Å². The molecule has 78 valence electrons. The molecule has 0 amide bonds. The van der Waals surface area contributed by atoms with Gasteiger partial charge in [-0.1, -0.05) is 6.07 Å². The van der Waals surface area contributed by atoms with Crippen molar-refractivity contribution in [1.29, 1.82) is 0 Å². The molecular weight excluding hydrogens is 207 g/mol. The highest BCUT2D eigenvalue weighted by molar-refractivity contribution is 7.93. The second-order valence-electron chi connectivity index (χ2n) is 3.04. The van der Waals surface area contributed by atoms with Gasteiger partial charge in [-0.15, -0.1) is 0 Å². The lowest BCUT2D eigenvalue weighted by molar-refractivity contribution is 0.583. The molecular formula is C8H11FN2O2S. The molecule has 0 fully saturated rings. The van der Waals surface area contributed by atoms with Gasteiger partial charge in [0.05, 0.1) is 5.25 Å². The third kappa shape index (κ3) is 2.66. The van der Waals surface area contributed by atoms with Crippen LogP contribution in [0.4, 0.5) is 10.2 Å². The average Bonchev–Trinajstić information content (AvgIpc) is 2.02. The molecule has 0 spiro atoms. The Balaban J connectivity index is 2.90. The van der Waals surface area contributed by atoms with Crippen LogP contribution in [0.5, 0.6) is 0 Å². The number of sulfonamides is 1. The molecule has 0 aliphatic heterocycles. The minimum atomic E-state index is -3.45. The first-order valence-corrected chi connectivity index (χ1v) is 5.60. The lowest BCUT2D eigenvalue weighted by Crippen LogP contribution is -2.23. The molecule has 14 heavy (non-hydrogen) atoms. The van der Waals surface area contributed by atoms with Crippen LogP contribution in [-0.2, 0) is 10.0 Å². The van der Waals surface area contributed by atoms with E-state index >= 15 is 0 Å². The van der Waals surface area contributed by atoms with Gasteiger partial charge < -0.3 is 0 Å². The maximum atomic E-state index is 12.6. The van der Waals surface area contributed by atoms with Crippen LogP contribution in [0.3, 0.4) is 0 Å². The summed E-state index contributed by atoms with van der Waals surface area (Å²) in [6.45, 7) is 3.06. The monoisotopic (exact) mass is 218 g/mol. The summed E-state index contributed by atoms with van der Waals surface area (Å²) in [5, 5.41) is -0.576. The molecule has 0 saturated heterocycles. The largest absolute Gasteiger partial charge is 0.267 e. The molecule has 1 rings (SSSR count). The van der Waals surface area contributed by atoms with Crippen LogP contribution in [-0.4, -0.2) is 18.7 Å². The number of aromatic nitrogens is 1. The number of anilines is 1. The van der Waals surface area contributed by atoms with Crippen LogP contribution in [0, 0.1) is 5.95 Å². The highest BCUT2D eigenvalue weighted by Crippen LogP contribution is 2.08. The van der Waals surface area contributed by atoms with Crippen LogP contribution in [0.15, 0.2) is 18.2 Å². The van der Waals surface area contributed by atoms with Gasteiger partial charge in [0.1, 0.15) is 5.82 Å². The van der Waals surface area contributed by atoms with Crippen LogP contribution in [0.25, 0.3) is 0 Å². The second kappa shape index (κ2) is 3.91. The first-order valence-electron chi connectivity index (χ1n) is 4.06. The predicted molar refractivity (Wildman–Crippen MR) is 51.9 cm³/mol. The van der Waals surface area contributed by atoms with E-state index in [1.807, 2.05) is 0 Å². The molecule has 1 aromatic heterocycles. The van der Waals surface area contributed by atoms with Gasteiger partial charge in [-0.3, -0.25) is 4.72 Å². The van der Waals surface area contributed by atoms with Crippen molar-refractivity contribution in [2.24, 2.45) is 0 Å². The highest BCUT2D eigenvalue weighted by atomic mass is 32.2. The van der Waals surface area contributed by atoms with Crippen molar-refractivity contribution < 1.29 is 12.8 Å². The maximum Gasteiger partial charge on any atom is 0.236 e. The fourth-order valence-corrected chi connectivity index (χ4v) is 1.37. The van der Waals surface area contributed by atoms with Crippen LogP contribution in [0.2, 0.25) is 0 Å². The van der Waals surface area contributed by atoms with Crippen molar-refractivity contribution >= 4 is 15.8 Å². The zero-order valence-electron chi connectivity index (χ0n) is 7.86. The molecule has 0 saturated carbocycles. The summed E-state index contributed by atoms with van der Waals surface area (Å²) in [4.78, 5) is 3.38. The summed E-state index contributed by atoms with van der Waals surface area (Å²) < 4.78 is 37.5. The first kappa shape index (κ1) is 10.9. The number of nitrogens with one attached hydrogen (secondary N) is 1. The normalized spacial score (nSPS) is 11.7. The molecule has 1 N–H and O–H groups in total. The molecule has 0 aliphatic carbocycles. The number of nitrogens with zero attached hydrogens (tertiary/aromatic N) is 1. The van der Waals surface area contributed by atoms with Crippen LogP contribution in [0.1, 0.15) is 13.8 Å². The molecule has 0 unspecified atom stereocenters. The minimum Gasteiger partial charge on any atom is -0.267 e. The summed E-state index contributed by atoms with van der Waals surface area (Å²) in [6, 6.07) is 3.93. The zero-order chi connectivity index (χ0) is 10.8. The Bertz CT molecular complexity index is 417. The Morgan fingerprint density at radius 3 is 2.57 bits per heavy atom. The van der Waals surface area contributed by atoms with Gasteiger partial charge in [0.15, 0.2) is 0 Å². The van der Waals surface area contributed by atoms with Crippen LogP contribution >= 0.6 is 0 Å². The van der Waals surface area contributed by atoms with Crippen molar-refractivity contribution in [2.75, 3.05) is 4.72 Å². The van der Waals surface area contributed by atoms with Gasteiger partial charge in [-0.2, -0.15) is 4.39 Å². The Morgan fingerprint density at radius 2 is 2.07 bits per heavy atom. The zero-order valence-corrected chi connectivity index (χ0v) is 8.68. The third-order valence-corrected chi connectivity index (χ3v) is 3.32. The Kier molecular flexibility index (Phi) is 3.05.